The number of phenolic OH excluding ortho intramolecular Hbond substituents is 1. The van der Waals surface area contributed by atoms with Crippen LogP contribution < -0.4 is 0 Å². The molecule has 0 unspecified atom stereocenters. The summed E-state index contributed by atoms with van der Waals surface area (Å²) in [6.07, 6.45) is 6.64. The first-order valence-corrected chi connectivity index (χ1v) is 8.56. The summed E-state index contributed by atoms with van der Waals surface area (Å²) < 4.78 is 0. The minimum Gasteiger partial charge on any atom is -0.507 e. The number of benzene rings is 2. The Morgan fingerprint density at radius 2 is 1.74 bits per heavy atom. The SMILES string of the molecule is Cc1cc(C=Nc2ccccc2)c(O)c(C2CCC(C)CC2)c1. The molecule has 3 rings (SSSR count). The lowest BCUT2D eigenvalue weighted by molar-refractivity contribution is 0.340. The van der Waals surface area contributed by atoms with Gasteiger partial charge in [0.25, 0.3) is 0 Å². The molecule has 2 heteroatoms. The van der Waals surface area contributed by atoms with Gasteiger partial charge in [0.05, 0.1) is 5.69 Å². The van der Waals surface area contributed by atoms with Crippen LogP contribution in [-0.2, 0) is 0 Å². The standard InChI is InChI=1S/C21H25NO/c1-15-8-10-17(11-9-15)20-13-16(2)12-18(21(20)23)14-22-19-6-4-3-5-7-19/h3-7,12-15,17,23H,8-11H2,1-2H3. The van der Waals surface area contributed by atoms with Crippen LogP contribution in [0.2, 0.25) is 0 Å². The average Bonchev–Trinajstić information content (AvgIpc) is 2.57. The first-order chi connectivity index (χ1) is 11.1. The van der Waals surface area contributed by atoms with Gasteiger partial charge < -0.3 is 5.11 Å². The Morgan fingerprint density at radius 1 is 1.04 bits per heavy atom. The highest BCUT2D eigenvalue weighted by molar-refractivity contribution is 5.86. The highest BCUT2D eigenvalue weighted by Gasteiger charge is 2.23. The Morgan fingerprint density at radius 3 is 2.43 bits per heavy atom. The van der Waals surface area contributed by atoms with E-state index in [0.29, 0.717) is 11.7 Å². The van der Waals surface area contributed by atoms with E-state index in [9.17, 15) is 5.11 Å². The van der Waals surface area contributed by atoms with Gasteiger partial charge in [0.15, 0.2) is 0 Å². The van der Waals surface area contributed by atoms with Crippen LogP contribution in [0.4, 0.5) is 5.69 Å². The number of aromatic hydroxyl groups is 1. The summed E-state index contributed by atoms with van der Waals surface area (Å²) in [4.78, 5) is 4.49. The number of para-hydroxylation sites is 1. The molecule has 0 heterocycles. The number of phenols is 1. The Kier molecular flexibility index (Phi) is 4.80. The zero-order chi connectivity index (χ0) is 16.2. The summed E-state index contributed by atoms with van der Waals surface area (Å²) >= 11 is 0. The zero-order valence-corrected chi connectivity index (χ0v) is 14.0. The molecular weight excluding hydrogens is 282 g/mol. The van der Waals surface area contributed by atoms with Crippen LogP contribution in [0.25, 0.3) is 0 Å². The fourth-order valence-electron chi connectivity index (χ4n) is 3.47. The quantitative estimate of drug-likeness (QED) is 0.720. The average molecular weight is 307 g/mol. The van der Waals surface area contributed by atoms with E-state index in [1.54, 1.807) is 6.21 Å². The molecule has 23 heavy (non-hydrogen) atoms. The van der Waals surface area contributed by atoms with E-state index in [0.717, 1.165) is 22.7 Å². The van der Waals surface area contributed by atoms with Gasteiger partial charge in [-0.1, -0.05) is 44.0 Å². The maximum absolute atomic E-state index is 10.7. The molecule has 1 saturated carbocycles. The van der Waals surface area contributed by atoms with Gasteiger partial charge in [-0.05, 0) is 60.9 Å². The number of nitrogens with zero attached hydrogens (tertiary/aromatic N) is 1. The van der Waals surface area contributed by atoms with Crippen LogP contribution in [0.1, 0.15) is 55.2 Å². The maximum atomic E-state index is 10.7. The van der Waals surface area contributed by atoms with Gasteiger partial charge in [-0.2, -0.15) is 0 Å². The van der Waals surface area contributed by atoms with E-state index in [1.165, 1.54) is 31.2 Å². The summed E-state index contributed by atoms with van der Waals surface area (Å²) in [5, 5.41) is 10.7. The fraction of sp³-hybridized carbons (Fsp3) is 0.381. The first kappa shape index (κ1) is 15.8. The minimum absolute atomic E-state index is 0.412. The smallest absolute Gasteiger partial charge is 0.127 e. The highest BCUT2D eigenvalue weighted by atomic mass is 16.3. The third-order valence-corrected chi connectivity index (χ3v) is 4.88. The van der Waals surface area contributed by atoms with Crippen molar-refractivity contribution in [1.82, 2.24) is 0 Å². The number of hydrogen-bond donors (Lipinski definition) is 1. The summed E-state index contributed by atoms with van der Waals surface area (Å²) in [6.45, 7) is 4.42. The molecule has 0 bridgehead atoms. The van der Waals surface area contributed by atoms with E-state index in [2.05, 4.69) is 24.9 Å². The second-order valence-corrected chi connectivity index (χ2v) is 6.84. The molecule has 1 aliphatic carbocycles. The van der Waals surface area contributed by atoms with Gasteiger partial charge in [0.1, 0.15) is 5.75 Å². The van der Waals surface area contributed by atoms with Gasteiger partial charge in [-0.25, -0.2) is 0 Å². The van der Waals surface area contributed by atoms with Gasteiger partial charge in [0, 0.05) is 11.8 Å². The van der Waals surface area contributed by atoms with E-state index in [4.69, 9.17) is 0 Å². The topological polar surface area (TPSA) is 32.6 Å². The van der Waals surface area contributed by atoms with Crippen LogP contribution in [-0.4, -0.2) is 11.3 Å². The lowest BCUT2D eigenvalue weighted by Crippen LogP contribution is -2.11. The monoisotopic (exact) mass is 307 g/mol. The number of aliphatic imine (C=N–C) groups is 1. The van der Waals surface area contributed by atoms with Crippen LogP contribution in [0.3, 0.4) is 0 Å². The molecule has 0 aliphatic heterocycles. The Hall–Kier alpha value is -2.09. The summed E-state index contributed by atoms with van der Waals surface area (Å²) in [5.41, 5.74) is 4.02. The largest absolute Gasteiger partial charge is 0.507 e. The first-order valence-electron chi connectivity index (χ1n) is 8.56. The van der Waals surface area contributed by atoms with Crippen LogP contribution >= 0.6 is 0 Å². The number of hydrogen-bond acceptors (Lipinski definition) is 2. The van der Waals surface area contributed by atoms with E-state index >= 15 is 0 Å². The molecule has 0 spiro atoms. The zero-order valence-electron chi connectivity index (χ0n) is 14.0. The van der Waals surface area contributed by atoms with Crippen molar-refractivity contribution in [2.75, 3.05) is 0 Å². The van der Waals surface area contributed by atoms with Gasteiger partial charge in [-0.3, -0.25) is 4.99 Å². The molecule has 2 aromatic carbocycles. The molecule has 1 N–H and O–H groups in total. The number of rotatable bonds is 3. The molecular formula is C21H25NO. The van der Waals surface area contributed by atoms with Crippen molar-refractivity contribution in [2.45, 2.75) is 45.4 Å². The molecule has 120 valence electrons. The molecule has 0 radical (unpaired) electrons. The summed E-state index contributed by atoms with van der Waals surface area (Å²) in [5.74, 6) is 1.71. The minimum atomic E-state index is 0.412. The Bertz CT molecular complexity index is 682. The molecule has 1 aliphatic rings. The molecule has 0 saturated heterocycles. The lowest BCUT2D eigenvalue weighted by atomic mass is 9.78. The predicted molar refractivity (Wildman–Crippen MR) is 96.9 cm³/mol. The molecule has 0 atom stereocenters. The predicted octanol–water partition coefficient (Wildman–Crippen LogP) is 5.74. The summed E-state index contributed by atoms with van der Waals surface area (Å²) in [6, 6.07) is 14.0. The second kappa shape index (κ2) is 6.99. The van der Waals surface area contributed by atoms with Crippen LogP contribution in [0, 0.1) is 12.8 Å². The van der Waals surface area contributed by atoms with Crippen molar-refractivity contribution >= 4 is 11.9 Å². The van der Waals surface area contributed by atoms with Crippen LogP contribution in [0.5, 0.6) is 5.75 Å². The molecule has 0 aromatic heterocycles. The number of aryl methyl sites for hydroxylation is 1. The van der Waals surface area contributed by atoms with Crippen molar-refractivity contribution < 1.29 is 5.11 Å². The highest BCUT2D eigenvalue weighted by Crippen LogP contribution is 2.40. The molecule has 0 amide bonds. The van der Waals surface area contributed by atoms with Gasteiger partial charge >= 0.3 is 0 Å². The van der Waals surface area contributed by atoms with Crippen molar-refractivity contribution in [3.63, 3.8) is 0 Å². The van der Waals surface area contributed by atoms with Crippen molar-refractivity contribution in [1.29, 1.82) is 0 Å². The van der Waals surface area contributed by atoms with Crippen LogP contribution in [0.15, 0.2) is 47.5 Å². The second-order valence-electron chi connectivity index (χ2n) is 6.84. The van der Waals surface area contributed by atoms with E-state index in [1.807, 2.05) is 36.4 Å². The van der Waals surface area contributed by atoms with E-state index in [-0.39, 0.29) is 0 Å². The Balaban J connectivity index is 1.88. The van der Waals surface area contributed by atoms with Gasteiger partial charge in [0.2, 0.25) is 0 Å². The van der Waals surface area contributed by atoms with Crippen molar-refractivity contribution in [2.24, 2.45) is 10.9 Å². The Labute approximate surface area is 138 Å². The van der Waals surface area contributed by atoms with E-state index < -0.39 is 0 Å². The fourth-order valence-corrected chi connectivity index (χ4v) is 3.47. The van der Waals surface area contributed by atoms with Gasteiger partial charge in [-0.15, -0.1) is 0 Å². The molecule has 1 fully saturated rings. The molecule has 2 aromatic rings. The van der Waals surface area contributed by atoms with Crippen molar-refractivity contribution in [3.05, 3.63) is 59.2 Å². The normalized spacial score (nSPS) is 21.7. The maximum Gasteiger partial charge on any atom is 0.127 e. The third-order valence-electron chi connectivity index (χ3n) is 4.88. The molecule has 2 nitrogen and oxygen atoms in total. The summed E-state index contributed by atoms with van der Waals surface area (Å²) in [7, 11) is 0. The van der Waals surface area contributed by atoms with Crippen molar-refractivity contribution in [3.8, 4) is 5.75 Å². The third kappa shape index (κ3) is 3.82. The lowest BCUT2D eigenvalue weighted by Gasteiger charge is -2.27.